The minimum atomic E-state index is -1.97. The molecule has 0 aliphatic carbocycles. The van der Waals surface area contributed by atoms with Gasteiger partial charge < -0.3 is 4.57 Å². The summed E-state index contributed by atoms with van der Waals surface area (Å²) < 4.78 is 12.1. The molecule has 2 rings (SSSR count). The van der Waals surface area contributed by atoms with Gasteiger partial charge in [-0.3, -0.25) is 0 Å². The molecule has 1 unspecified atom stereocenters. The molecule has 0 bridgehead atoms. The van der Waals surface area contributed by atoms with Crippen molar-refractivity contribution in [3.05, 3.63) is 47.8 Å². The highest BCUT2D eigenvalue weighted by Crippen LogP contribution is 2.54. The van der Waals surface area contributed by atoms with Crippen molar-refractivity contribution in [2.45, 2.75) is 12.6 Å². The molecule has 0 N–H and O–H groups in total. The number of rotatable bonds is 2. The van der Waals surface area contributed by atoms with Gasteiger partial charge in [0.25, 0.3) is 0 Å². The van der Waals surface area contributed by atoms with Gasteiger partial charge in [-0.1, -0.05) is 36.4 Å². The van der Waals surface area contributed by atoms with Gasteiger partial charge in [-0.2, -0.15) is 0 Å². The van der Waals surface area contributed by atoms with E-state index < -0.39 is 7.14 Å². The van der Waals surface area contributed by atoms with E-state index in [2.05, 4.69) is 0 Å². The van der Waals surface area contributed by atoms with Gasteiger partial charge >= 0.3 is 0 Å². The van der Waals surface area contributed by atoms with Crippen LogP contribution in [0.25, 0.3) is 0 Å². The van der Waals surface area contributed by atoms with Crippen LogP contribution >= 0.6 is 7.14 Å². The first-order valence-electron chi connectivity index (χ1n) is 4.58. The lowest BCUT2D eigenvalue weighted by Crippen LogP contribution is -1.86. The normalized spacial score (nSPS) is 26.5. The third-order valence-electron chi connectivity index (χ3n) is 2.34. The number of hydrogen-bond acceptors (Lipinski definition) is 1. The Labute approximate surface area is 78.9 Å². The van der Waals surface area contributed by atoms with E-state index in [0.717, 1.165) is 18.7 Å². The Morgan fingerprint density at radius 3 is 2.62 bits per heavy atom. The third-order valence-corrected chi connectivity index (χ3v) is 5.01. The van der Waals surface area contributed by atoms with Crippen LogP contribution in [0, 0.1) is 0 Å². The van der Waals surface area contributed by atoms with Crippen LogP contribution in [0.5, 0.6) is 0 Å². The molecule has 1 aliphatic rings. The molecule has 0 amide bonds. The molecular formula is C11H13OP. The standard InChI is InChI=1S/C11H13OP/c12-13(8-4-5-9-13)10-11-6-2-1-3-7-11/h1-4,6-8H,5,9-10H2. The average molecular weight is 192 g/mol. The van der Waals surface area contributed by atoms with Crippen LogP contribution in [-0.4, -0.2) is 6.16 Å². The number of benzene rings is 1. The topological polar surface area (TPSA) is 17.1 Å². The Hall–Kier alpha value is -0.810. The predicted molar refractivity (Wildman–Crippen MR) is 56.4 cm³/mol. The maximum atomic E-state index is 12.1. The van der Waals surface area contributed by atoms with Gasteiger partial charge in [-0.05, 0) is 17.8 Å². The lowest BCUT2D eigenvalue weighted by molar-refractivity contribution is 0.581. The van der Waals surface area contributed by atoms with E-state index in [0.29, 0.717) is 0 Å². The second-order valence-corrected chi connectivity index (χ2v) is 6.46. The summed E-state index contributed by atoms with van der Waals surface area (Å²) in [5.41, 5.74) is 1.19. The highest BCUT2D eigenvalue weighted by molar-refractivity contribution is 7.66. The summed E-state index contributed by atoms with van der Waals surface area (Å²) in [6, 6.07) is 10.1. The molecule has 1 aliphatic heterocycles. The minimum Gasteiger partial charge on any atom is -0.319 e. The predicted octanol–water partition coefficient (Wildman–Crippen LogP) is 3.47. The quantitative estimate of drug-likeness (QED) is 0.656. The van der Waals surface area contributed by atoms with Gasteiger partial charge in [0.2, 0.25) is 0 Å². The second-order valence-electron chi connectivity index (χ2n) is 3.49. The summed E-state index contributed by atoms with van der Waals surface area (Å²) in [6.45, 7) is 0. The van der Waals surface area contributed by atoms with Crippen LogP contribution in [0.1, 0.15) is 12.0 Å². The van der Waals surface area contributed by atoms with Gasteiger partial charge in [-0.25, -0.2) is 0 Å². The van der Waals surface area contributed by atoms with E-state index in [4.69, 9.17) is 0 Å². The van der Waals surface area contributed by atoms with Crippen LogP contribution in [0.3, 0.4) is 0 Å². The van der Waals surface area contributed by atoms with Gasteiger partial charge in [0.05, 0.1) is 0 Å². The minimum absolute atomic E-state index is 0.740. The molecule has 2 heteroatoms. The fourth-order valence-electron chi connectivity index (χ4n) is 1.66. The molecule has 1 nitrogen and oxygen atoms in total. The molecule has 0 fully saturated rings. The van der Waals surface area contributed by atoms with Crippen molar-refractivity contribution in [1.29, 1.82) is 0 Å². The smallest absolute Gasteiger partial charge is 0.112 e. The maximum absolute atomic E-state index is 12.1. The molecule has 0 saturated heterocycles. The van der Waals surface area contributed by atoms with E-state index in [1.807, 2.05) is 42.2 Å². The first kappa shape index (κ1) is 8.77. The summed E-state index contributed by atoms with van der Waals surface area (Å²) in [6.07, 6.45) is 4.64. The lowest BCUT2D eigenvalue weighted by Gasteiger charge is -2.08. The Bertz CT molecular complexity index is 354. The highest BCUT2D eigenvalue weighted by Gasteiger charge is 2.21. The molecule has 1 atom stereocenters. The van der Waals surface area contributed by atoms with Crippen LogP contribution in [-0.2, 0) is 10.7 Å². The first-order valence-corrected chi connectivity index (χ1v) is 6.73. The van der Waals surface area contributed by atoms with Crippen molar-refractivity contribution in [3.8, 4) is 0 Å². The fraction of sp³-hybridized carbons (Fsp3) is 0.273. The fourth-order valence-corrected chi connectivity index (χ4v) is 4.02. The van der Waals surface area contributed by atoms with Crippen molar-refractivity contribution >= 4 is 7.14 Å². The Morgan fingerprint density at radius 2 is 2.00 bits per heavy atom. The van der Waals surface area contributed by atoms with Crippen molar-refractivity contribution < 1.29 is 4.57 Å². The molecule has 0 saturated carbocycles. The molecule has 1 heterocycles. The third kappa shape index (κ3) is 2.10. The van der Waals surface area contributed by atoms with Gasteiger partial charge in [0, 0.05) is 12.3 Å². The van der Waals surface area contributed by atoms with E-state index >= 15 is 0 Å². The van der Waals surface area contributed by atoms with E-state index in [1.165, 1.54) is 5.56 Å². The van der Waals surface area contributed by atoms with E-state index in [1.54, 1.807) is 0 Å². The van der Waals surface area contributed by atoms with Crippen LogP contribution < -0.4 is 0 Å². The van der Waals surface area contributed by atoms with Crippen molar-refractivity contribution in [2.24, 2.45) is 0 Å². The average Bonchev–Trinajstić information content (AvgIpc) is 2.54. The van der Waals surface area contributed by atoms with Crippen LogP contribution in [0.4, 0.5) is 0 Å². The largest absolute Gasteiger partial charge is 0.319 e. The zero-order valence-corrected chi connectivity index (χ0v) is 8.41. The summed E-state index contributed by atoms with van der Waals surface area (Å²) in [5.74, 6) is 1.93. The molecule has 1 aromatic carbocycles. The monoisotopic (exact) mass is 192 g/mol. The zero-order chi connectivity index (χ0) is 9.15. The van der Waals surface area contributed by atoms with Crippen molar-refractivity contribution in [1.82, 2.24) is 0 Å². The van der Waals surface area contributed by atoms with Crippen LogP contribution in [0.15, 0.2) is 42.2 Å². The SMILES string of the molecule is O=P1(Cc2ccccc2)C=CCC1. The van der Waals surface area contributed by atoms with E-state index in [-0.39, 0.29) is 0 Å². The summed E-state index contributed by atoms with van der Waals surface area (Å²) in [4.78, 5) is 0. The summed E-state index contributed by atoms with van der Waals surface area (Å²) >= 11 is 0. The zero-order valence-electron chi connectivity index (χ0n) is 7.52. The van der Waals surface area contributed by atoms with E-state index in [9.17, 15) is 4.57 Å². The molecule has 0 aromatic heterocycles. The lowest BCUT2D eigenvalue weighted by atomic mass is 10.2. The molecule has 68 valence electrons. The first-order chi connectivity index (χ1) is 6.29. The second kappa shape index (κ2) is 3.51. The molecule has 1 aromatic rings. The number of hydrogen-bond donors (Lipinski definition) is 0. The van der Waals surface area contributed by atoms with Crippen molar-refractivity contribution in [2.75, 3.05) is 6.16 Å². The Kier molecular flexibility index (Phi) is 2.37. The molecule has 13 heavy (non-hydrogen) atoms. The summed E-state index contributed by atoms with van der Waals surface area (Å²) in [7, 11) is -1.97. The highest BCUT2D eigenvalue weighted by atomic mass is 31.2. The van der Waals surface area contributed by atoms with Gasteiger partial charge in [0.1, 0.15) is 7.14 Å². The van der Waals surface area contributed by atoms with Crippen LogP contribution in [0.2, 0.25) is 0 Å². The molecule has 0 spiro atoms. The molecule has 0 radical (unpaired) electrons. The van der Waals surface area contributed by atoms with Gasteiger partial charge in [-0.15, -0.1) is 0 Å². The number of allylic oxidation sites excluding steroid dienone is 1. The summed E-state index contributed by atoms with van der Waals surface area (Å²) in [5, 5.41) is 0. The maximum Gasteiger partial charge on any atom is 0.112 e. The molecular weight excluding hydrogens is 179 g/mol. The van der Waals surface area contributed by atoms with Crippen molar-refractivity contribution in [3.63, 3.8) is 0 Å². The Morgan fingerprint density at radius 1 is 1.23 bits per heavy atom. The van der Waals surface area contributed by atoms with Gasteiger partial charge in [0.15, 0.2) is 0 Å². The Balaban J connectivity index is 2.15.